The molecular weight excluding hydrogens is 380 g/mol. The van der Waals surface area contributed by atoms with E-state index in [1.807, 2.05) is 0 Å². The Hall–Kier alpha value is -0.460. The third-order valence-electron chi connectivity index (χ3n) is 5.97. The van der Waals surface area contributed by atoms with Gasteiger partial charge in [0, 0.05) is 6.61 Å². The van der Waals surface area contributed by atoms with Gasteiger partial charge in [0.25, 0.3) is 0 Å². The highest BCUT2D eigenvalue weighted by molar-refractivity contribution is 4.87. The van der Waals surface area contributed by atoms with E-state index in [2.05, 4.69) is 19.1 Å². The Bertz CT molecular complexity index is 401. The van der Waals surface area contributed by atoms with E-state index in [1.54, 1.807) is 0 Å². The van der Waals surface area contributed by atoms with Crippen LogP contribution in [0.4, 0.5) is 0 Å². The topological polar surface area (TPSA) is 79.2 Å². The van der Waals surface area contributed by atoms with Gasteiger partial charge in [0.1, 0.15) is 24.4 Å². The van der Waals surface area contributed by atoms with Crippen molar-refractivity contribution in [3.63, 3.8) is 0 Å². The normalized spacial score (nSPS) is 24.7. The fraction of sp³-hybridized carbons (Fsp3) is 0.920. The first-order chi connectivity index (χ1) is 14.7. The number of ether oxygens (including phenoxy) is 2. The van der Waals surface area contributed by atoms with Crippen molar-refractivity contribution < 1.29 is 24.8 Å². The van der Waals surface area contributed by atoms with Crippen molar-refractivity contribution in [3.05, 3.63) is 12.2 Å². The molecule has 0 bridgehead atoms. The van der Waals surface area contributed by atoms with Crippen LogP contribution in [0.2, 0.25) is 0 Å². The van der Waals surface area contributed by atoms with Crippen LogP contribution in [-0.4, -0.2) is 59.6 Å². The van der Waals surface area contributed by atoms with Crippen molar-refractivity contribution in [2.24, 2.45) is 0 Å². The van der Waals surface area contributed by atoms with Crippen LogP contribution in [-0.2, 0) is 9.47 Å². The van der Waals surface area contributed by atoms with Crippen LogP contribution in [0.25, 0.3) is 0 Å². The van der Waals surface area contributed by atoms with E-state index in [1.165, 1.54) is 77.0 Å². The van der Waals surface area contributed by atoms with Gasteiger partial charge in [0.2, 0.25) is 0 Å². The third-order valence-corrected chi connectivity index (χ3v) is 5.97. The number of aliphatic hydroxyl groups excluding tert-OH is 3. The third kappa shape index (κ3) is 13.1. The van der Waals surface area contributed by atoms with Crippen LogP contribution < -0.4 is 0 Å². The number of rotatable bonds is 19. The summed E-state index contributed by atoms with van der Waals surface area (Å²) in [5.41, 5.74) is 0. The standard InChI is InChI=1S/C25H48O5/c1-2-3-4-5-6-7-8-9-10-11-12-13-14-15-16-17-18-19-29-25-22(27)21-30-23(20-26)24(25)28/h14-15,22-28H,2-13,16-21H2,1H3/b15-14+/t22-,23+,24+,25+/m1/s1. The molecule has 5 heteroatoms. The molecule has 0 aliphatic carbocycles. The Labute approximate surface area is 184 Å². The minimum atomic E-state index is -0.982. The number of aliphatic hydroxyl groups is 3. The summed E-state index contributed by atoms with van der Waals surface area (Å²) >= 11 is 0. The second-order valence-corrected chi connectivity index (χ2v) is 8.74. The molecule has 0 saturated carbocycles. The number of hydrogen-bond donors (Lipinski definition) is 3. The second kappa shape index (κ2) is 19.2. The van der Waals surface area contributed by atoms with Crippen LogP contribution in [0.5, 0.6) is 0 Å². The molecule has 0 amide bonds. The van der Waals surface area contributed by atoms with Gasteiger partial charge in [0.15, 0.2) is 0 Å². The largest absolute Gasteiger partial charge is 0.394 e. The summed E-state index contributed by atoms with van der Waals surface area (Å²) in [6, 6.07) is 0. The lowest BCUT2D eigenvalue weighted by atomic mass is 10.0. The van der Waals surface area contributed by atoms with Gasteiger partial charge in [-0.3, -0.25) is 0 Å². The van der Waals surface area contributed by atoms with Crippen LogP contribution >= 0.6 is 0 Å². The van der Waals surface area contributed by atoms with Crippen molar-refractivity contribution in [2.45, 2.75) is 128 Å². The lowest BCUT2D eigenvalue weighted by Crippen LogP contribution is -2.55. The molecule has 1 aliphatic rings. The summed E-state index contributed by atoms with van der Waals surface area (Å²) < 4.78 is 10.8. The molecule has 0 unspecified atom stereocenters. The molecule has 0 radical (unpaired) electrons. The van der Waals surface area contributed by atoms with Gasteiger partial charge in [-0.25, -0.2) is 0 Å². The fourth-order valence-electron chi connectivity index (χ4n) is 3.97. The van der Waals surface area contributed by atoms with E-state index in [4.69, 9.17) is 14.6 Å². The van der Waals surface area contributed by atoms with Gasteiger partial charge in [-0.15, -0.1) is 0 Å². The minimum absolute atomic E-state index is 0.0920. The molecular formula is C25H48O5. The summed E-state index contributed by atoms with van der Waals surface area (Å²) in [5.74, 6) is 0. The zero-order chi connectivity index (χ0) is 21.9. The molecule has 30 heavy (non-hydrogen) atoms. The first-order valence-corrected chi connectivity index (χ1v) is 12.6. The quantitative estimate of drug-likeness (QED) is 0.201. The van der Waals surface area contributed by atoms with Gasteiger partial charge in [0.05, 0.1) is 13.2 Å². The average Bonchev–Trinajstić information content (AvgIpc) is 2.75. The molecule has 1 rings (SSSR count). The Morgan fingerprint density at radius 1 is 0.800 bits per heavy atom. The zero-order valence-corrected chi connectivity index (χ0v) is 19.4. The molecule has 0 aromatic carbocycles. The maximum absolute atomic E-state index is 10.1. The maximum atomic E-state index is 10.1. The molecule has 1 saturated heterocycles. The highest BCUT2D eigenvalue weighted by atomic mass is 16.6. The molecule has 0 aromatic heterocycles. The van der Waals surface area contributed by atoms with Crippen molar-refractivity contribution in [1.82, 2.24) is 0 Å². The molecule has 1 aliphatic heterocycles. The molecule has 5 nitrogen and oxygen atoms in total. The summed E-state index contributed by atoms with van der Waals surface area (Å²) in [6.07, 6.45) is 20.8. The second-order valence-electron chi connectivity index (χ2n) is 8.74. The van der Waals surface area contributed by atoms with Crippen molar-refractivity contribution in [3.8, 4) is 0 Å². The Kier molecular flexibility index (Phi) is 17.7. The summed E-state index contributed by atoms with van der Waals surface area (Å²) in [6.45, 7) is 2.60. The monoisotopic (exact) mass is 428 g/mol. The van der Waals surface area contributed by atoms with E-state index in [0.717, 1.165) is 19.3 Å². The van der Waals surface area contributed by atoms with Crippen LogP contribution in [0, 0.1) is 0 Å². The highest BCUT2D eigenvalue weighted by Gasteiger charge is 2.38. The first kappa shape index (κ1) is 27.6. The van der Waals surface area contributed by atoms with Gasteiger partial charge in [-0.05, 0) is 32.1 Å². The van der Waals surface area contributed by atoms with Gasteiger partial charge >= 0.3 is 0 Å². The molecule has 0 spiro atoms. The predicted molar refractivity (Wildman–Crippen MR) is 123 cm³/mol. The zero-order valence-electron chi connectivity index (χ0n) is 19.4. The molecule has 3 N–H and O–H groups in total. The Morgan fingerprint density at radius 3 is 1.90 bits per heavy atom. The van der Waals surface area contributed by atoms with E-state index in [9.17, 15) is 10.2 Å². The van der Waals surface area contributed by atoms with Gasteiger partial charge in [-0.1, -0.05) is 83.3 Å². The van der Waals surface area contributed by atoms with E-state index < -0.39 is 24.4 Å². The number of unbranched alkanes of at least 4 members (excludes halogenated alkanes) is 13. The molecule has 1 fully saturated rings. The van der Waals surface area contributed by atoms with E-state index in [-0.39, 0.29) is 13.2 Å². The van der Waals surface area contributed by atoms with E-state index >= 15 is 0 Å². The lowest BCUT2D eigenvalue weighted by Gasteiger charge is -2.37. The molecule has 178 valence electrons. The van der Waals surface area contributed by atoms with Crippen LogP contribution in [0.15, 0.2) is 12.2 Å². The SMILES string of the molecule is CCCCCCCCCCCCC/C=C/CCCCO[C@@H]1[C@@H](O)[C@H](CO)OC[C@H]1O. The summed E-state index contributed by atoms with van der Waals surface area (Å²) in [5, 5.41) is 29.1. The minimum Gasteiger partial charge on any atom is -0.394 e. The maximum Gasteiger partial charge on any atom is 0.114 e. The Balaban J connectivity index is 1.86. The van der Waals surface area contributed by atoms with Crippen molar-refractivity contribution in [2.75, 3.05) is 19.8 Å². The molecule has 4 atom stereocenters. The smallest absolute Gasteiger partial charge is 0.114 e. The van der Waals surface area contributed by atoms with Crippen molar-refractivity contribution >= 4 is 0 Å². The lowest BCUT2D eigenvalue weighted by molar-refractivity contribution is -0.210. The summed E-state index contributed by atoms with van der Waals surface area (Å²) in [4.78, 5) is 0. The number of hydrogen-bond acceptors (Lipinski definition) is 5. The van der Waals surface area contributed by atoms with Crippen LogP contribution in [0.3, 0.4) is 0 Å². The highest BCUT2D eigenvalue weighted by Crippen LogP contribution is 2.19. The van der Waals surface area contributed by atoms with E-state index in [0.29, 0.717) is 6.61 Å². The summed E-state index contributed by atoms with van der Waals surface area (Å²) in [7, 11) is 0. The fourth-order valence-corrected chi connectivity index (χ4v) is 3.97. The first-order valence-electron chi connectivity index (χ1n) is 12.6. The van der Waals surface area contributed by atoms with Gasteiger partial charge < -0.3 is 24.8 Å². The molecule has 0 aromatic rings. The van der Waals surface area contributed by atoms with Crippen molar-refractivity contribution in [1.29, 1.82) is 0 Å². The average molecular weight is 429 g/mol. The Morgan fingerprint density at radius 2 is 1.33 bits per heavy atom. The predicted octanol–water partition coefficient (Wildman–Crippen LogP) is 4.91. The van der Waals surface area contributed by atoms with Gasteiger partial charge in [-0.2, -0.15) is 0 Å². The number of allylic oxidation sites excluding steroid dienone is 2. The molecule has 1 heterocycles. The van der Waals surface area contributed by atoms with Crippen LogP contribution in [0.1, 0.15) is 103 Å².